The van der Waals surface area contributed by atoms with Gasteiger partial charge in [0, 0.05) is 41.4 Å². The van der Waals surface area contributed by atoms with Gasteiger partial charge in [0.25, 0.3) is 0 Å². The average molecular weight is 268 g/mol. The van der Waals surface area contributed by atoms with Crippen LogP contribution in [0.5, 0.6) is 0 Å². The SMILES string of the molecule is OCCC[C@@H]1Nc2ccc(Cl)cc2[C@H]2OCC[C@H]12. The Kier molecular flexibility index (Phi) is 3.46. The van der Waals surface area contributed by atoms with Gasteiger partial charge in [0.1, 0.15) is 0 Å². The van der Waals surface area contributed by atoms with Crippen LogP contribution in [0.25, 0.3) is 0 Å². The lowest BCUT2D eigenvalue weighted by atomic mass is 9.82. The third kappa shape index (κ3) is 2.11. The van der Waals surface area contributed by atoms with E-state index in [1.165, 1.54) is 5.56 Å². The van der Waals surface area contributed by atoms with Crippen LogP contribution >= 0.6 is 11.6 Å². The second-order valence-electron chi connectivity index (χ2n) is 5.09. The van der Waals surface area contributed by atoms with E-state index in [9.17, 15) is 0 Å². The van der Waals surface area contributed by atoms with Crippen molar-refractivity contribution < 1.29 is 9.84 Å². The molecular weight excluding hydrogens is 250 g/mol. The van der Waals surface area contributed by atoms with Crippen LogP contribution in [0.15, 0.2) is 18.2 Å². The molecule has 0 spiro atoms. The Morgan fingerprint density at radius 1 is 1.44 bits per heavy atom. The van der Waals surface area contributed by atoms with Gasteiger partial charge in [-0.15, -0.1) is 0 Å². The third-order valence-corrected chi connectivity index (χ3v) is 4.22. The number of aliphatic hydroxyl groups is 1. The average Bonchev–Trinajstić information content (AvgIpc) is 2.86. The molecule has 1 fully saturated rings. The van der Waals surface area contributed by atoms with Crippen molar-refractivity contribution in [2.45, 2.75) is 31.4 Å². The molecule has 1 aromatic carbocycles. The molecule has 2 aliphatic rings. The number of rotatable bonds is 3. The maximum absolute atomic E-state index is 8.99. The standard InChI is InChI=1S/C14H18ClNO2/c15-9-3-4-13-11(8-9)14-10(5-7-18-14)12(16-13)2-1-6-17/h3-4,8,10,12,14,16-17H,1-2,5-7H2/t10-,12+,14+/m1/s1. The molecule has 3 nitrogen and oxygen atoms in total. The third-order valence-electron chi connectivity index (χ3n) is 3.99. The number of ether oxygens (including phenoxy) is 1. The Bertz CT molecular complexity index is 438. The van der Waals surface area contributed by atoms with Crippen molar-refractivity contribution in [2.24, 2.45) is 5.92 Å². The largest absolute Gasteiger partial charge is 0.396 e. The monoisotopic (exact) mass is 267 g/mol. The van der Waals surface area contributed by atoms with Gasteiger partial charge in [-0.1, -0.05) is 11.6 Å². The number of halogens is 1. The first-order chi connectivity index (χ1) is 8.79. The first kappa shape index (κ1) is 12.3. The van der Waals surface area contributed by atoms with Crippen molar-refractivity contribution in [1.82, 2.24) is 0 Å². The molecule has 18 heavy (non-hydrogen) atoms. The summed E-state index contributed by atoms with van der Waals surface area (Å²) in [7, 11) is 0. The van der Waals surface area contributed by atoms with E-state index in [1.807, 2.05) is 18.2 Å². The molecule has 4 heteroatoms. The second-order valence-corrected chi connectivity index (χ2v) is 5.53. The molecule has 1 saturated heterocycles. The summed E-state index contributed by atoms with van der Waals surface area (Å²) < 4.78 is 5.89. The normalized spacial score (nSPS) is 29.6. The Balaban J connectivity index is 1.89. The highest BCUT2D eigenvalue weighted by Gasteiger charge is 2.40. The van der Waals surface area contributed by atoms with Gasteiger partial charge in [-0.25, -0.2) is 0 Å². The Hall–Kier alpha value is -0.770. The van der Waals surface area contributed by atoms with Crippen molar-refractivity contribution in [3.8, 4) is 0 Å². The number of hydrogen-bond donors (Lipinski definition) is 2. The van der Waals surface area contributed by atoms with E-state index < -0.39 is 0 Å². The molecule has 2 heterocycles. The highest BCUT2D eigenvalue weighted by atomic mass is 35.5. The highest BCUT2D eigenvalue weighted by Crippen LogP contribution is 2.46. The van der Waals surface area contributed by atoms with E-state index in [1.54, 1.807) is 0 Å². The summed E-state index contributed by atoms with van der Waals surface area (Å²) in [4.78, 5) is 0. The molecule has 2 N–H and O–H groups in total. The molecular formula is C14H18ClNO2. The quantitative estimate of drug-likeness (QED) is 0.885. The van der Waals surface area contributed by atoms with Gasteiger partial charge in [0.05, 0.1) is 6.10 Å². The predicted molar refractivity (Wildman–Crippen MR) is 72.0 cm³/mol. The van der Waals surface area contributed by atoms with Crippen LogP contribution in [0.4, 0.5) is 5.69 Å². The lowest BCUT2D eigenvalue weighted by Gasteiger charge is -2.36. The maximum Gasteiger partial charge on any atom is 0.0893 e. The minimum absolute atomic E-state index is 0.170. The minimum atomic E-state index is 0.170. The molecule has 98 valence electrons. The fraction of sp³-hybridized carbons (Fsp3) is 0.571. The van der Waals surface area contributed by atoms with Gasteiger partial charge in [-0.05, 0) is 37.5 Å². The summed E-state index contributed by atoms with van der Waals surface area (Å²) >= 11 is 6.07. The van der Waals surface area contributed by atoms with E-state index >= 15 is 0 Å². The summed E-state index contributed by atoms with van der Waals surface area (Å²) in [5.41, 5.74) is 2.32. The molecule has 0 amide bonds. The van der Waals surface area contributed by atoms with E-state index in [4.69, 9.17) is 21.4 Å². The first-order valence-corrected chi connectivity index (χ1v) is 6.96. The Morgan fingerprint density at radius 3 is 3.17 bits per heavy atom. The van der Waals surface area contributed by atoms with Crippen molar-refractivity contribution in [2.75, 3.05) is 18.5 Å². The molecule has 2 aliphatic heterocycles. The van der Waals surface area contributed by atoms with E-state index in [-0.39, 0.29) is 12.7 Å². The van der Waals surface area contributed by atoms with Crippen molar-refractivity contribution in [3.05, 3.63) is 28.8 Å². The molecule has 0 bridgehead atoms. The minimum Gasteiger partial charge on any atom is -0.396 e. The van der Waals surface area contributed by atoms with Gasteiger partial charge >= 0.3 is 0 Å². The first-order valence-electron chi connectivity index (χ1n) is 6.58. The van der Waals surface area contributed by atoms with Crippen LogP contribution in [0.3, 0.4) is 0 Å². The molecule has 1 aromatic rings. The molecule has 3 atom stereocenters. The molecule has 0 aliphatic carbocycles. The maximum atomic E-state index is 8.99. The van der Waals surface area contributed by atoms with Crippen molar-refractivity contribution in [1.29, 1.82) is 0 Å². The molecule has 0 aromatic heterocycles. The van der Waals surface area contributed by atoms with Crippen LogP contribution in [-0.4, -0.2) is 24.4 Å². The fourth-order valence-corrected chi connectivity index (χ4v) is 3.32. The predicted octanol–water partition coefficient (Wildman–Crippen LogP) is 2.98. The zero-order chi connectivity index (χ0) is 12.5. The summed E-state index contributed by atoms with van der Waals surface area (Å²) in [5, 5.41) is 13.3. The molecule has 0 unspecified atom stereocenters. The van der Waals surface area contributed by atoms with Gasteiger partial charge in [-0.2, -0.15) is 0 Å². The second kappa shape index (κ2) is 5.08. The van der Waals surface area contributed by atoms with Gasteiger partial charge in [-0.3, -0.25) is 0 Å². The fourth-order valence-electron chi connectivity index (χ4n) is 3.14. The van der Waals surface area contributed by atoms with Gasteiger partial charge in [0.2, 0.25) is 0 Å². The lowest BCUT2D eigenvalue weighted by Crippen LogP contribution is -2.36. The summed E-state index contributed by atoms with van der Waals surface area (Å²) in [6.45, 7) is 1.07. The number of anilines is 1. The zero-order valence-corrected chi connectivity index (χ0v) is 11.0. The van der Waals surface area contributed by atoms with E-state index in [0.29, 0.717) is 12.0 Å². The Labute approximate surface area is 112 Å². The van der Waals surface area contributed by atoms with Crippen LogP contribution in [-0.2, 0) is 4.74 Å². The summed E-state index contributed by atoms with van der Waals surface area (Å²) in [6, 6.07) is 6.35. The van der Waals surface area contributed by atoms with E-state index in [0.717, 1.165) is 36.6 Å². The van der Waals surface area contributed by atoms with Crippen LogP contribution in [0.1, 0.15) is 30.9 Å². The van der Waals surface area contributed by atoms with Crippen molar-refractivity contribution >= 4 is 17.3 Å². The van der Waals surface area contributed by atoms with E-state index in [2.05, 4.69) is 5.32 Å². The van der Waals surface area contributed by atoms with Crippen molar-refractivity contribution in [3.63, 3.8) is 0 Å². The number of fused-ring (bicyclic) bond motifs is 3. The topological polar surface area (TPSA) is 41.5 Å². The number of hydrogen-bond acceptors (Lipinski definition) is 3. The Morgan fingerprint density at radius 2 is 2.33 bits per heavy atom. The van der Waals surface area contributed by atoms with Crippen LogP contribution in [0.2, 0.25) is 5.02 Å². The summed E-state index contributed by atoms with van der Waals surface area (Å²) in [6.07, 6.45) is 3.08. The van der Waals surface area contributed by atoms with Gasteiger partial charge < -0.3 is 15.2 Å². The number of aliphatic hydroxyl groups excluding tert-OH is 1. The number of benzene rings is 1. The van der Waals surface area contributed by atoms with Gasteiger partial charge in [0.15, 0.2) is 0 Å². The summed E-state index contributed by atoms with van der Waals surface area (Å²) in [5.74, 6) is 0.502. The smallest absolute Gasteiger partial charge is 0.0893 e. The van der Waals surface area contributed by atoms with Crippen LogP contribution in [0, 0.1) is 5.92 Å². The molecule has 3 rings (SSSR count). The van der Waals surface area contributed by atoms with Crippen LogP contribution < -0.4 is 5.32 Å². The molecule has 0 radical (unpaired) electrons. The zero-order valence-electron chi connectivity index (χ0n) is 10.2. The lowest BCUT2D eigenvalue weighted by molar-refractivity contribution is 0.0813. The molecule has 0 saturated carbocycles. The highest BCUT2D eigenvalue weighted by molar-refractivity contribution is 6.30. The number of nitrogens with one attached hydrogen (secondary N) is 1.